The molecule has 2 aromatic carbocycles. The van der Waals surface area contributed by atoms with Gasteiger partial charge in [0.15, 0.2) is 5.76 Å². The number of rotatable bonds is 7. The Bertz CT molecular complexity index is 939. The molecule has 0 aliphatic carbocycles. The molecule has 156 valence electrons. The first-order valence-corrected chi connectivity index (χ1v) is 10.9. The Morgan fingerprint density at radius 2 is 1.73 bits per heavy atom. The molecule has 1 saturated heterocycles. The van der Waals surface area contributed by atoms with Gasteiger partial charge in [0.2, 0.25) is 0 Å². The summed E-state index contributed by atoms with van der Waals surface area (Å²) in [6.45, 7) is 5.19. The van der Waals surface area contributed by atoms with Crippen molar-refractivity contribution in [3.8, 4) is 0 Å². The molecule has 1 amide bonds. The van der Waals surface area contributed by atoms with Gasteiger partial charge >= 0.3 is 0 Å². The van der Waals surface area contributed by atoms with E-state index in [-0.39, 0.29) is 11.9 Å². The third-order valence-electron chi connectivity index (χ3n) is 5.95. The molecule has 30 heavy (non-hydrogen) atoms. The highest BCUT2D eigenvalue weighted by Crippen LogP contribution is 2.18. The van der Waals surface area contributed by atoms with Crippen molar-refractivity contribution in [2.75, 3.05) is 19.6 Å². The van der Waals surface area contributed by atoms with Gasteiger partial charge in [-0.1, -0.05) is 60.2 Å². The zero-order valence-electron chi connectivity index (χ0n) is 17.6. The average molecular weight is 403 g/mol. The van der Waals surface area contributed by atoms with Gasteiger partial charge in [0.1, 0.15) is 0 Å². The number of likely N-dealkylation sites (tertiary alicyclic amines) is 1. The van der Waals surface area contributed by atoms with Crippen molar-refractivity contribution in [1.29, 1.82) is 0 Å². The highest BCUT2D eigenvalue weighted by molar-refractivity contribution is 5.93. The Balaban J connectivity index is 1.26. The van der Waals surface area contributed by atoms with Gasteiger partial charge in [-0.15, -0.1) is 0 Å². The molecule has 0 saturated carbocycles. The van der Waals surface area contributed by atoms with Crippen LogP contribution in [-0.2, 0) is 12.8 Å². The van der Waals surface area contributed by atoms with Crippen molar-refractivity contribution in [3.63, 3.8) is 0 Å². The predicted octanol–water partition coefficient (Wildman–Crippen LogP) is 4.62. The Morgan fingerprint density at radius 3 is 2.47 bits per heavy atom. The lowest BCUT2D eigenvalue weighted by molar-refractivity contribution is 0.0882. The van der Waals surface area contributed by atoms with Gasteiger partial charge in [-0.2, -0.15) is 0 Å². The fraction of sp³-hybridized carbons (Fsp3) is 0.346. The summed E-state index contributed by atoms with van der Waals surface area (Å²) in [5.41, 5.74) is 4.74. The van der Waals surface area contributed by atoms with Crippen molar-refractivity contribution >= 4 is 5.91 Å². The third kappa shape index (κ3) is 5.39. The van der Waals surface area contributed by atoms with Gasteiger partial charge < -0.3 is 14.6 Å². The first kappa shape index (κ1) is 20.4. The van der Waals surface area contributed by atoms with Gasteiger partial charge in [-0.05, 0) is 43.4 Å². The summed E-state index contributed by atoms with van der Waals surface area (Å²) < 4.78 is 5.55. The molecule has 0 radical (unpaired) electrons. The normalized spacial score (nSPS) is 15.2. The van der Waals surface area contributed by atoms with Crippen LogP contribution in [0.2, 0.25) is 0 Å². The fourth-order valence-corrected chi connectivity index (χ4v) is 4.08. The van der Waals surface area contributed by atoms with Crippen LogP contribution in [0.4, 0.5) is 0 Å². The van der Waals surface area contributed by atoms with E-state index in [1.54, 1.807) is 6.26 Å². The van der Waals surface area contributed by atoms with Crippen LogP contribution in [0, 0.1) is 6.92 Å². The summed E-state index contributed by atoms with van der Waals surface area (Å²) in [7, 11) is 0. The minimum Gasteiger partial charge on any atom is -0.459 e. The summed E-state index contributed by atoms with van der Waals surface area (Å²) in [6, 6.07) is 21.1. The molecule has 1 N–H and O–H groups in total. The number of nitrogens with zero attached hydrogens (tertiary/aromatic N) is 1. The lowest BCUT2D eigenvalue weighted by Gasteiger charge is -2.32. The number of carbonyl (C=O) groups excluding carboxylic acids is 1. The minimum atomic E-state index is -0.0927. The number of carbonyl (C=O) groups is 1. The summed E-state index contributed by atoms with van der Waals surface area (Å²) in [6.07, 6.45) is 5.36. The van der Waals surface area contributed by atoms with Crippen molar-refractivity contribution in [3.05, 3.63) is 94.9 Å². The molecule has 1 aliphatic heterocycles. The van der Waals surface area contributed by atoms with Gasteiger partial charge in [0.05, 0.1) is 6.26 Å². The minimum absolute atomic E-state index is 0.0927. The average Bonchev–Trinajstić information content (AvgIpc) is 3.24. The summed E-state index contributed by atoms with van der Waals surface area (Å²) >= 11 is 0. The van der Waals surface area contributed by atoms with Crippen molar-refractivity contribution < 1.29 is 9.21 Å². The molecule has 0 unspecified atom stereocenters. The maximum atomic E-state index is 12.8. The van der Waals surface area contributed by atoms with Crippen LogP contribution in [-0.4, -0.2) is 36.5 Å². The number of hydrogen-bond donors (Lipinski definition) is 1. The van der Waals surface area contributed by atoms with Gasteiger partial charge in [-0.25, -0.2) is 0 Å². The number of furan rings is 1. The van der Waals surface area contributed by atoms with Crippen LogP contribution in [0.1, 0.15) is 45.7 Å². The third-order valence-corrected chi connectivity index (χ3v) is 5.95. The topological polar surface area (TPSA) is 45.5 Å². The second-order valence-corrected chi connectivity index (χ2v) is 8.26. The number of benzene rings is 2. The molecule has 1 fully saturated rings. The van der Waals surface area contributed by atoms with Crippen LogP contribution in [0.5, 0.6) is 0 Å². The number of piperidine rings is 1. The Hall–Kier alpha value is -2.85. The summed E-state index contributed by atoms with van der Waals surface area (Å²) in [5, 5.41) is 3.19. The summed E-state index contributed by atoms with van der Waals surface area (Å²) in [4.78, 5) is 15.3. The van der Waals surface area contributed by atoms with Crippen LogP contribution in [0.3, 0.4) is 0 Å². The van der Waals surface area contributed by atoms with Gasteiger partial charge in [0, 0.05) is 37.7 Å². The molecule has 4 rings (SSSR count). The molecule has 3 aromatic rings. The molecule has 1 aliphatic rings. The molecular formula is C26H30N2O2. The lowest BCUT2D eigenvalue weighted by Crippen LogP contribution is -2.45. The summed E-state index contributed by atoms with van der Waals surface area (Å²) in [5.74, 6) is 0.354. The van der Waals surface area contributed by atoms with E-state index in [0.29, 0.717) is 12.2 Å². The number of hydrogen-bond acceptors (Lipinski definition) is 3. The van der Waals surface area contributed by atoms with Crippen LogP contribution >= 0.6 is 0 Å². The molecular weight excluding hydrogens is 372 g/mol. The van der Waals surface area contributed by atoms with E-state index in [4.69, 9.17) is 4.42 Å². The van der Waals surface area contributed by atoms with Gasteiger partial charge in [-0.3, -0.25) is 4.79 Å². The Morgan fingerprint density at radius 1 is 1.00 bits per heavy atom. The van der Waals surface area contributed by atoms with Crippen molar-refractivity contribution in [1.82, 2.24) is 10.2 Å². The van der Waals surface area contributed by atoms with Gasteiger partial charge in [0.25, 0.3) is 5.91 Å². The Kier molecular flexibility index (Phi) is 6.65. The van der Waals surface area contributed by atoms with E-state index < -0.39 is 0 Å². The van der Waals surface area contributed by atoms with Crippen LogP contribution in [0.15, 0.2) is 71.3 Å². The number of nitrogens with one attached hydrogen (secondary N) is 1. The van der Waals surface area contributed by atoms with E-state index >= 15 is 0 Å². The highest BCUT2D eigenvalue weighted by Gasteiger charge is 2.23. The van der Waals surface area contributed by atoms with E-state index in [0.717, 1.165) is 44.5 Å². The molecule has 2 heterocycles. The molecule has 0 atom stereocenters. The zero-order valence-corrected chi connectivity index (χ0v) is 17.6. The molecule has 4 nitrogen and oxygen atoms in total. The van der Waals surface area contributed by atoms with E-state index in [2.05, 4.69) is 71.7 Å². The molecule has 1 aromatic heterocycles. The maximum Gasteiger partial charge on any atom is 0.287 e. The molecule has 0 spiro atoms. The van der Waals surface area contributed by atoms with Crippen LogP contribution < -0.4 is 5.32 Å². The maximum absolute atomic E-state index is 12.8. The molecule has 0 bridgehead atoms. The Labute approximate surface area is 178 Å². The fourth-order valence-electron chi connectivity index (χ4n) is 4.08. The first-order valence-electron chi connectivity index (χ1n) is 10.9. The second-order valence-electron chi connectivity index (χ2n) is 8.26. The first-order chi connectivity index (χ1) is 14.7. The lowest BCUT2D eigenvalue weighted by atomic mass is 10.0. The predicted molar refractivity (Wildman–Crippen MR) is 120 cm³/mol. The zero-order chi connectivity index (χ0) is 20.8. The van der Waals surface area contributed by atoms with Crippen molar-refractivity contribution in [2.24, 2.45) is 0 Å². The monoisotopic (exact) mass is 402 g/mol. The van der Waals surface area contributed by atoms with Crippen LogP contribution in [0.25, 0.3) is 0 Å². The number of amides is 1. The molecule has 4 heteroatoms. The van der Waals surface area contributed by atoms with E-state index in [1.165, 1.54) is 16.7 Å². The van der Waals surface area contributed by atoms with Crippen molar-refractivity contribution in [2.45, 2.75) is 38.6 Å². The smallest absolute Gasteiger partial charge is 0.287 e. The quantitative estimate of drug-likeness (QED) is 0.627. The number of aryl methyl sites for hydroxylation is 1. The standard InChI is InChI=1S/C26H30N2O2/c1-20-7-9-22(10-8-20)19-23-14-18-30-25(23)26(29)27-24-12-16-28(17-13-24)15-11-21-5-3-2-4-6-21/h2-10,14,18,24H,11-13,15-17,19H2,1H3,(H,27,29). The second kappa shape index (κ2) is 9.77. The van der Waals surface area contributed by atoms with E-state index in [9.17, 15) is 4.79 Å². The SMILES string of the molecule is Cc1ccc(Cc2ccoc2C(=O)NC2CCN(CCc3ccccc3)CC2)cc1. The largest absolute Gasteiger partial charge is 0.459 e. The van der Waals surface area contributed by atoms with E-state index in [1.807, 2.05) is 6.07 Å². The highest BCUT2D eigenvalue weighted by atomic mass is 16.3.